The molecule has 2 heterocycles. The van der Waals surface area contributed by atoms with Crippen LogP contribution in [0.3, 0.4) is 0 Å². The van der Waals surface area contributed by atoms with Crippen molar-refractivity contribution in [2.75, 3.05) is 44.5 Å². The molecule has 4 rings (SSSR count). The first-order chi connectivity index (χ1) is 18.8. The van der Waals surface area contributed by atoms with Gasteiger partial charge in [0.25, 0.3) is 5.91 Å². The van der Waals surface area contributed by atoms with Gasteiger partial charge in [0.05, 0.1) is 48.2 Å². The van der Waals surface area contributed by atoms with Crippen molar-refractivity contribution < 1.29 is 23.8 Å². The van der Waals surface area contributed by atoms with Gasteiger partial charge in [-0.05, 0) is 42.2 Å². The number of rotatable bonds is 10. The van der Waals surface area contributed by atoms with Gasteiger partial charge in [-0.15, -0.1) is 0 Å². The molecule has 39 heavy (non-hydrogen) atoms. The third kappa shape index (κ3) is 6.72. The van der Waals surface area contributed by atoms with Crippen LogP contribution in [-0.2, 0) is 22.4 Å². The molecule has 1 atom stereocenters. The standard InChI is InChI=1S/C27H29Cl2N5O5/c1-4-24(35)31-19-11-15(22-14-30-9-10-39-22)5-7-17(19)27(36)32-23-12-16(33-34-23)6-8-18-25(28)20(37-2)13-21(38-3)26(18)29/h4-5,7,11-13,22,30H,1,6,8-10,14H2,2-3H3,(H,31,35)(H2,32,33,34,36). The van der Waals surface area contributed by atoms with Gasteiger partial charge in [0, 0.05) is 30.9 Å². The molecule has 0 spiro atoms. The Bertz CT molecular complexity index is 1340. The maximum Gasteiger partial charge on any atom is 0.258 e. The average molecular weight is 574 g/mol. The summed E-state index contributed by atoms with van der Waals surface area (Å²) in [5.41, 5.74) is 2.87. The quantitative estimate of drug-likeness (QED) is 0.262. The molecule has 10 nitrogen and oxygen atoms in total. The van der Waals surface area contributed by atoms with E-state index in [2.05, 4.69) is 32.7 Å². The zero-order chi connectivity index (χ0) is 27.9. The highest BCUT2D eigenvalue weighted by atomic mass is 35.5. The van der Waals surface area contributed by atoms with Gasteiger partial charge >= 0.3 is 0 Å². The van der Waals surface area contributed by atoms with Crippen molar-refractivity contribution in [3.63, 3.8) is 0 Å². The fourth-order valence-electron chi connectivity index (χ4n) is 4.18. The fourth-order valence-corrected chi connectivity index (χ4v) is 4.87. The van der Waals surface area contributed by atoms with Crippen LogP contribution < -0.4 is 25.4 Å². The topological polar surface area (TPSA) is 127 Å². The lowest BCUT2D eigenvalue weighted by molar-refractivity contribution is -0.111. The summed E-state index contributed by atoms with van der Waals surface area (Å²) in [5.74, 6) is 0.368. The average Bonchev–Trinajstić information content (AvgIpc) is 3.40. The first-order valence-corrected chi connectivity index (χ1v) is 12.9. The lowest BCUT2D eigenvalue weighted by Crippen LogP contribution is -2.33. The van der Waals surface area contributed by atoms with E-state index in [9.17, 15) is 9.59 Å². The molecule has 2 aromatic carbocycles. The number of carbonyl (C=O) groups is 2. The van der Waals surface area contributed by atoms with Gasteiger partial charge in [-0.1, -0.05) is 35.8 Å². The number of anilines is 2. The minimum Gasteiger partial charge on any atom is -0.495 e. The van der Waals surface area contributed by atoms with Crippen molar-refractivity contribution >= 4 is 46.5 Å². The molecule has 1 aliphatic rings. The van der Waals surface area contributed by atoms with Crippen LogP contribution in [-0.4, -0.2) is 55.9 Å². The van der Waals surface area contributed by atoms with E-state index in [0.29, 0.717) is 64.6 Å². The number of halogens is 2. The number of amides is 2. The van der Waals surface area contributed by atoms with Crippen LogP contribution >= 0.6 is 23.2 Å². The van der Waals surface area contributed by atoms with E-state index in [1.165, 1.54) is 14.2 Å². The minimum absolute atomic E-state index is 0.185. The van der Waals surface area contributed by atoms with Crippen molar-refractivity contribution in [1.82, 2.24) is 15.5 Å². The first kappa shape index (κ1) is 28.4. The first-order valence-electron chi connectivity index (χ1n) is 12.2. The highest BCUT2D eigenvalue weighted by molar-refractivity contribution is 6.37. The number of aryl methyl sites for hydroxylation is 1. The van der Waals surface area contributed by atoms with E-state index < -0.39 is 11.8 Å². The molecule has 1 aliphatic heterocycles. The van der Waals surface area contributed by atoms with Gasteiger partial charge < -0.3 is 30.2 Å². The lowest BCUT2D eigenvalue weighted by Gasteiger charge is -2.24. The van der Waals surface area contributed by atoms with E-state index in [-0.39, 0.29) is 11.7 Å². The van der Waals surface area contributed by atoms with Crippen LogP contribution in [0.5, 0.6) is 11.5 Å². The van der Waals surface area contributed by atoms with E-state index in [1.54, 1.807) is 24.3 Å². The Kier molecular flexibility index (Phi) is 9.47. The second kappa shape index (κ2) is 13.0. The van der Waals surface area contributed by atoms with Gasteiger partial charge in [-0.3, -0.25) is 14.7 Å². The summed E-state index contributed by atoms with van der Waals surface area (Å²) in [4.78, 5) is 25.2. The number of hydrogen-bond donors (Lipinski definition) is 4. The SMILES string of the molecule is C=CC(=O)Nc1cc(C2CNCCO2)ccc1C(=O)Nc1cc(CCc2c(Cl)c(OC)cc(OC)c2Cl)[nH]n1. The number of aromatic nitrogens is 2. The van der Waals surface area contributed by atoms with Gasteiger partial charge in [0.1, 0.15) is 11.5 Å². The number of morpholine rings is 1. The summed E-state index contributed by atoms with van der Waals surface area (Å²) in [6, 6.07) is 8.54. The number of hydrogen-bond acceptors (Lipinski definition) is 7. The number of carbonyl (C=O) groups excluding carboxylic acids is 2. The van der Waals surface area contributed by atoms with Crippen LogP contribution in [0.4, 0.5) is 11.5 Å². The Morgan fingerprint density at radius 1 is 1.13 bits per heavy atom. The highest BCUT2D eigenvalue weighted by Crippen LogP contribution is 2.41. The van der Waals surface area contributed by atoms with Crippen LogP contribution in [0, 0.1) is 0 Å². The molecule has 1 fully saturated rings. The Morgan fingerprint density at radius 2 is 1.87 bits per heavy atom. The molecule has 206 valence electrons. The molecular weight excluding hydrogens is 545 g/mol. The Balaban J connectivity index is 1.48. The zero-order valence-electron chi connectivity index (χ0n) is 21.5. The minimum atomic E-state index is -0.440. The maximum absolute atomic E-state index is 13.2. The van der Waals surface area contributed by atoms with E-state index >= 15 is 0 Å². The number of nitrogens with zero attached hydrogens (tertiary/aromatic N) is 1. The summed E-state index contributed by atoms with van der Waals surface area (Å²) < 4.78 is 16.5. The predicted octanol–water partition coefficient (Wildman–Crippen LogP) is 4.56. The summed E-state index contributed by atoms with van der Waals surface area (Å²) in [7, 11) is 3.04. The fraction of sp³-hybridized carbons (Fsp3) is 0.296. The van der Waals surface area contributed by atoms with Crippen molar-refractivity contribution in [3.8, 4) is 11.5 Å². The summed E-state index contributed by atoms with van der Waals surface area (Å²) >= 11 is 13.0. The third-order valence-corrected chi connectivity index (χ3v) is 7.04. The van der Waals surface area contributed by atoms with Crippen LogP contribution in [0.1, 0.15) is 33.3 Å². The zero-order valence-corrected chi connectivity index (χ0v) is 23.0. The molecule has 0 radical (unpaired) electrons. The monoisotopic (exact) mass is 573 g/mol. The Labute approximate surface area is 236 Å². The number of nitrogens with one attached hydrogen (secondary N) is 4. The molecule has 4 N–H and O–H groups in total. The smallest absolute Gasteiger partial charge is 0.258 e. The maximum atomic E-state index is 13.2. The molecular formula is C27H29Cl2N5O5. The summed E-state index contributed by atoms with van der Waals surface area (Å²) in [6.07, 6.45) is 1.93. The Hall–Kier alpha value is -3.57. The predicted molar refractivity (Wildman–Crippen MR) is 150 cm³/mol. The Morgan fingerprint density at radius 3 is 2.51 bits per heavy atom. The molecule has 0 saturated carbocycles. The molecule has 1 saturated heterocycles. The summed E-state index contributed by atoms with van der Waals surface area (Å²) in [6.45, 7) is 5.48. The van der Waals surface area contributed by atoms with Crippen LogP contribution in [0.25, 0.3) is 0 Å². The number of methoxy groups -OCH3 is 2. The largest absolute Gasteiger partial charge is 0.495 e. The molecule has 12 heteroatoms. The molecule has 0 bridgehead atoms. The summed E-state index contributed by atoms with van der Waals surface area (Å²) in [5, 5.41) is 16.7. The third-order valence-electron chi connectivity index (χ3n) is 6.21. The van der Waals surface area contributed by atoms with Gasteiger partial charge in [0.2, 0.25) is 5.91 Å². The number of H-pyrrole nitrogens is 1. The molecule has 1 unspecified atom stereocenters. The molecule has 2 amide bonds. The van der Waals surface area contributed by atoms with Crippen molar-refractivity contribution in [2.45, 2.75) is 18.9 Å². The number of aromatic amines is 1. The second-order valence-electron chi connectivity index (χ2n) is 8.68. The van der Waals surface area contributed by atoms with E-state index in [1.807, 2.05) is 6.07 Å². The highest BCUT2D eigenvalue weighted by Gasteiger charge is 2.21. The molecule has 0 aliphatic carbocycles. The molecule has 1 aromatic heterocycles. The number of benzene rings is 2. The lowest BCUT2D eigenvalue weighted by atomic mass is 10.0. The van der Waals surface area contributed by atoms with E-state index in [0.717, 1.165) is 23.9 Å². The normalized spacial score (nSPS) is 14.9. The molecule has 3 aromatic rings. The number of ether oxygens (including phenoxy) is 3. The van der Waals surface area contributed by atoms with Crippen LogP contribution in [0.15, 0.2) is 43.0 Å². The van der Waals surface area contributed by atoms with Crippen molar-refractivity contribution in [2.24, 2.45) is 0 Å². The van der Waals surface area contributed by atoms with Gasteiger partial charge in [-0.2, -0.15) is 5.10 Å². The van der Waals surface area contributed by atoms with Crippen LogP contribution in [0.2, 0.25) is 10.0 Å². The second-order valence-corrected chi connectivity index (χ2v) is 9.44. The van der Waals surface area contributed by atoms with E-state index in [4.69, 9.17) is 37.4 Å². The van der Waals surface area contributed by atoms with Crippen molar-refractivity contribution in [3.05, 3.63) is 75.4 Å². The van der Waals surface area contributed by atoms with Gasteiger partial charge in [0.15, 0.2) is 5.82 Å². The van der Waals surface area contributed by atoms with Gasteiger partial charge in [-0.25, -0.2) is 0 Å². The van der Waals surface area contributed by atoms with Crippen molar-refractivity contribution in [1.29, 1.82) is 0 Å².